The van der Waals surface area contributed by atoms with Crippen molar-refractivity contribution in [2.45, 2.75) is 0 Å². The van der Waals surface area contributed by atoms with Crippen LogP contribution in [0.5, 0.6) is 0 Å². The summed E-state index contributed by atoms with van der Waals surface area (Å²) in [5.74, 6) is 0. The molecular weight excluding hydrogens is 606 g/mol. The van der Waals surface area contributed by atoms with Crippen molar-refractivity contribution in [3.63, 3.8) is 0 Å². The van der Waals surface area contributed by atoms with E-state index in [1.165, 1.54) is 31.8 Å². The Labute approximate surface area is 270 Å². The van der Waals surface area contributed by atoms with Crippen LogP contribution in [0.4, 0.5) is 0 Å². The molecule has 0 bridgehead atoms. The molecule has 0 aliphatic carbocycles. The summed E-state index contributed by atoms with van der Waals surface area (Å²) in [6.07, 6.45) is 0. The van der Waals surface area contributed by atoms with Gasteiger partial charge in [-0.05, 0) is 37.1 Å². The third kappa shape index (κ3) is 10.8. The Morgan fingerprint density at radius 1 is 0.419 bits per heavy atom. The van der Waals surface area contributed by atoms with Gasteiger partial charge in [0.1, 0.15) is 0 Å². The number of ether oxygens (including phenoxy) is 2. The van der Waals surface area contributed by atoms with Gasteiger partial charge in [-0.3, -0.25) is 0 Å². The number of hydrogen-bond acceptors (Lipinski definition) is 2. The van der Waals surface area contributed by atoms with E-state index < -0.39 is 15.8 Å². The average Bonchev–Trinajstić information content (AvgIpc) is 3.79. The molecule has 2 nitrogen and oxygen atoms in total. The summed E-state index contributed by atoms with van der Waals surface area (Å²) < 4.78 is 9.31. The molecule has 0 fully saturated rings. The van der Waals surface area contributed by atoms with Crippen molar-refractivity contribution < 1.29 is 26.5 Å². The second kappa shape index (κ2) is 20.0. The minimum Gasteiger partial charge on any atom is -0.382 e. The zero-order valence-corrected chi connectivity index (χ0v) is 27.5. The Hall–Kier alpha value is -3.12. The molecule has 6 aromatic carbocycles. The summed E-state index contributed by atoms with van der Waals surface area (Å²) in [4.78, 5) is 0. The van der Waals surface area contributed by atoms with E-state index in [-0.39, 0.29) is 17.1 Å². The van der Waals surface area contributed by atoms with Gasteiger partial charge in [-0.25, -0.2) is 24.3 Å². The predicted molar refractivity (Wildman–Crippen MR) is 185 cm³/mol. The number of methoxy groups -OCH3 is 2. The van der Waals surface area contributed by atoms with Crippen LogP contribution in [0.15, 0.2) is 170 Å². The number of hydrogen-bond donors (Lipinski definition) is 0. The fraction of sp³-hybridized carbons (Fsp3) is 0.105. The van der Waals surface area contributed by atoms with E-state index >= 15 is 0 Å². The van der Waals surface area contributed by atoms with Crippen molar-refractivity contribution in [1.29, 1.82) is 0 Å². The first-order valence-corrected chi connectivity index (χ1v) is 16.7. The summed E-state index contributed by atoms with van der Waals surface area (Å²) >= 11 is 0. The van der Waals surface area contributed by atoms with Crippen LogP contribution in [0, 0.1) is 0 Å². The summed E-state index contributed by atoms with van der Waals surface area (Å²) in [7, 11) is 2.49. The topological polar surface area (TPSA) is 18.5 Å². The molecule has 0 unspecified atom stereocenters. The van der Waals surface area contributed by atoms with Gasteiger partial charge in [-0.15, -0.1) is 10.6 Å². The molecule has 6 aromatic rings. The van der Waals surface area contributed by atoms with Crippen LogP contribution in [0.3, 0.4) is 0 Å². The molecule has 0 radical (unpaired) electrons. The van der Waals surface area contributed by atoms with Crippen LogP contribution in [0.2, 0.25) is 0 Å². The molecule has 0 N–H and O–H groups in total. The van der Waals surface area contributed by atoms with Gasteiger partial charge in [0.2, 0.25) is 0 Å². The van der Waals surface area contributed by atoms with E-state index in [0.717, 1.165) is 0 Å². The monoisotopic (exact) mass is 644 g/mol. The van der Waals surface area contributed by atoms with Gasteiger partial charge in [0.15, 0.2) is 0 Å². The van der Waals surface area contributed by atoms with Crippen molar-refractivity contribution >= 4 is 47.7 Å². The van der Waals surface area contributed by atoms with Gasteiger partial charge >= 0.3 is 17.1 Å². The van der Waals surface area contributed by atoms with Crippen LogP contribution < -0.4 is 31.8 Å². The largest absolute Gasteiger partial charge is 2.00 e. The van der Waals surface area contributed by atoms with Crippen LogP contribution in [-0.4, -0.2) is 27.4 Å². The molecule has 0 spiro atoms. The van der Waals surface area contributed by atoms with Crippen LogP contribution in [0.1, 0.15) is 0 Å². The van der Waals surface area contributed by atoms with Gasteiger partial charge in [-0.2, -0.15) is 24.3 Å². The Morgan fingerprint density at radius 3 is 0.907 bits per heavy atom. The Kier molecular flexibility index (Phi) is 15.9. The molecule has 0 heterocycles. The third-order valence-corrected chi connectivity index (χ3v) is 11.2. The SMILES string of the molecule is COCCOC.[Fe+2].c1ccc(P(c2ccccc2)c2ccc[cH-]2)cc1.c1ccc(P(c2ccccc2)c2ccc[cH-]2)cc1. The molecule has 0 atom stereocenters. The van der Waals surface area contributed by atoms with E-state index in [2.05, 4.69) is 179 Å². The molecule has 0 saturated heterocycles. The second-order valence-electron chi connectivity index (χ2n) is 9.28. The molecule has 0 aromatic heterocycles. The van der Waals surface area contributed by atoms with Crippen molar-refractivity contribution in [2.75, 3.05) is 27.4 Å². The van der Waals surface area contributed by atoms with Gasteiger partial charge in [0.05, 0.1) is 13.2 Å². The van der Waals surface area contributed by atoms with Crippen molar-refractivity contribution in [1.82, 2.24) is 0 Å². The van der Waals surface area contributed by atoms with E-state index in [4.69, 9.17) is 0 Å². The number of benzene rings is 4. The minimum absolute atomic E-state index is 0. The first kappa shape index (κ1) is 34.4. The first-order valence-electron chi connectivity index (χ1n) is 14.0. The zero-order valence-electron chi connectivity index (χ0n) is 24.6. The molecule has 0 amide bonds. The molecule has 6 rings (SSSR count). The molecule has 43 heavy (non-hydrogen) atoms. The zero-order chi connectivity index (χ0) is 29.2. The van der Waals surface area contributed by atoms with Crippen molar-refractivity contribution in [3.8, 4) is 0 Å². The second-order valence-corrected chi connectivity index (χ2v) is 13.7. The Balaban J connectivity index is 0.000000195. The summed E-state index contributed by atoms with van der Waals surface area (Å²) in [6.45, 7) is 1.38. The van der Waals surface area contributed by atoms with E-state index in [1.54, 1.807) is 14.2 Å². The van der Waals surface area contributed by atoms with Gasteiger partial charge in [0.25, 0.3) is 0 Å². The van der Waals surface area contributed by atoms with Crippen LogP contribution in [0.25, 0.3) is 0 Å². The fourth-order valence-corrected chi connectivity index (χ4v) is 9.01. The standard InChI is InChI=1S/2C17H14P.C4H10O2.Fe/c2*1-3-9-15(10-4-1)18(17-13-7-8-14-17)16-11-5-2-6-12-16;1-5-3-4-6-2;/h2*1-14H;3-4H2,1-2H3;/q2*-1;;+2. The Bertz CT molecular complexity index is 1280. The summed E-state index contributed by atoms with van der Waals surface area (Å²) in [5.41, 5.74) is 0. The molecule has 0 aliphatic heterocycles. The van der Waals surface area contributed by atoms with Crippen molar-refractivity contribution in [3.05, 3.63) is 170 Å². The maximum atomic E-state index is 4.66. The smallest absolute Gasteiger partial charge is 0.382 e. The summed E-state index contributed by atoms with van der Waals surface area (Å²) in [5, 5.41) is 8.47. The summed E-state index contributed by atoms with van der Waals surface area (Å²) in [6, 6.07) is 60.5. The quantitative estimate of drug-likeness (QED) is 0.0765. The van der Waals surface area contributed by atoms with Crippen molar-refractivity contribution in [2.24, 2.45) is 0 Å². The molecule has 220 valence electrons. The first-order chi connectivity index (χ1) is 20.8. The van der Waals surface area contributed by atoms with Crippen LogP contribution in [-0.2, 0) is 26.5 Å². The molecule has 0 aliphatic rings. The fourth-order valence-electron chi connectivity index (χ4n) is 4.40. The maximum Gasteiger partial charge on any atom is 2.00 e. The van der Waals surface area contributed by atoms with Crippen LogP contribution >= 0.6 is 15.8 Å². The molecule has 5 heteroatoms. The van der Waals surface area contributed by atoms with E-state index in [9.17, 15) is 0 Å². The third-order valence-electron chi connectivity index (χ3n) is 6.36. The normalized spacial score (nSPS) is 10.2. The van der Waals surface area contributed by atoms with E-state index in [0.29, 0.717) is 13.2 Å². The van der Waals surface area contributed by atoms with Gasteiger partial charge in [0, 0.05) is 14.2 Å². The molecular formula is C38H38FeO2P2. The minimum atomic E-state index is -0.409. The Morgan fingerprint density at radius 2 is 0.698 bits per heavy atom. The number of rotatable bonds is 9. The average molecular weight is 645 g/mol. The predicted octanol–water partition coefficient (Wildman–Crippen LogP) is 6.60. The molecule has 0 saturated carbocycles. The van der Waals surface area contributed by atoms with Gasteiger partial charge < -0.3 is 9.47 Å². The maximum absolute atomic E-state index is 4.66. The van der Waals surface area contributed by atoms with Gasteiger partial charge in [-0.1, -0.05) is 121 Å². The van der Waals surface area contributed by atoms with E-state index in [1.807, 2.05) is 0 Å².